The summed E-state index contributed by atoms with van der Waals surface area (Å²) < 4.78 is 0. The fraction of sp³-hybridized carbons (Fsp3) is 0.526. The minimum absolute atomic E-state index is 0.168. The molecule has 1 saturated heterocycles. The largest absolute Gasteiger partial charge is 0.325 e. The maximum absolute atomic E-state index is 12.4. The van der Waals surface area contributed by atoms with E-state index in [1.54, 1.807) is 0 Å². The van der Waals surface area contributed by atoms with Crippen LogP contribution in [-0.2, 0) is 20.8 Å². The molecular weight excluding hydrogens is 304 g/mol. The molecule has 2 atom stereocenters. The molecule has 0 radical (unpaired) electrons. The van der Waals surface area contributed by atoms with Crippen molar-refractivity contribution in [3.63, 3.8) is 0 Å². The Morgan fingerprint density at radius 1 is 1.08 bits per heavy atom. The fourth-order valence-electron chi connectivity index (χ4n) is 3.77. The van der Waals surface area contributed by atoms with E-state index in [-0.39, 0.29) is 36.1 Å². The Morgan fingerprint density at radius 3 is 2.21 bits per heavy atom. The maximum atomic E-state index is 12.4. The molecule has 128 valence electrons. The first-order valence-electron chi connectivity index (χ1n) is 8.84. The zero-order valence-corrected chi connectivity index (χ0v) is 14.1. The normalized spacial score (nSPS) is 23.3. The van der Waals surface area contributed by atoms with Crippen LogP contribution >= 0.6 is 0 Å². The predicted molar refractivity (Wildman–Crippen MR) is 91.2 cm³/mol. The van der Waals surface area contributed by atoms with E-state index < -0.39 is 0 Å². The van der Waals surface area contributed by atoms with Crippen LogP contribution in [0.2, 0.25) is 0 Å². The van der Waals surface area contributed by atoms with Crippen LogP contribution in [0.1, 0.15) is 44.6 Å². The molecule has 1 saturated carbocycles. The summed E-state index contributed by atoms with van der Waals surface area (Å²) in [6.45, 7) is 1.94. The lowest BCUT2D eigenvalue weighted by molar-refractivity contribution is -0.142. The maximum Gasteiger partial charge on any atom is 0.244 e. The summed E-state index contributed by atoms with van der Waals surface area (Å²) in [7, 11) is 0. The van der Waals surface area contributed by atoms with Crippen LogP contribution in [0.3, 0.4) is 0 Å². The summed E-state index contributed by atoms with van der Waals surface area (Å²) in [6, 6.07) is 7.69. The van der Waals surface area contributed by atoms with Gasteiger partial charge in [-0.1, -0.05) is 38.3 Å². The molecule has 5 heteroatoms. The average molecular weight is 328 g/mol. The minimum atomic E-state index is -0.321. The van der Waals surface area contributed by atoms with Crippen molar-refractivity contribution < 1.29 is 14.4 Å². The highest BCUT2D eigenvalue weighted by Crippen LogP contribution is 2.37. The Hall–Kier alpha value is -2.17. The Bertz CT molecular complexity index is 615. The zero-order chi connectivity index (χ0) is 17.1. The molecule has 3 rings (SSSR count). The first-order valence-corrected chi connectivity index (χ1v) is 8.84. The van der Waals surface area contributed by atoms with E-state index in [0.717, 1.165) is 43.4 Å². The van der Waals surface area contributed by atoms with Crippen LogP contribution in [-0.4, -0.2) is 29.2 Å². The standard InChI is InChI=1S/C19H24N2O3/c1-2-5-13-8-10-14(11-9-13)20-17(22)12-21-18(23)15-6-3-4-7-16(15)19(21)24/h8-11,15-16H,2-7,12H2,1H3,(H,20,22)/t15-,16-/m1/s1. The number of carbonyl (C=O) groups is 3. The van der Waals surface area contributed by atoms with Crippen LogP contribution in [0.25, 0.3) is 0 Å². The van der Waals surface area contributed by atoms with E-state index in [4.69, 9.17) is 0 Å². The summed E-state index contributed by atoms with van der Waals surface area (Å²) in [4.78, 5) is 38.1. The molecule has 1 aromatic carbocycles. The lowest BCUT2D eigenvalue weighted by Crippen LogP contribution is -2.38. The van der Waals surface area contributed by atoms with E-state index in [1.807, 2.05) is 24.3 Å². The third-order valence-electron chi connectivity index (χ3n) is 5.01. The van der Waals surface area contributed by atoms with Crippen molar-refractivity contribution in [2.75, 3.05) is 11.9 Å². The lowest BCUT2D eigenvalue weighted by atomic mass is 9.81. The molecule has 1 aliphatic heterocycles. The molecule has 0 unspecified atom stereocenters. The van der Waals surface area contributed by atoms with Gasteiger partial charge in [0.2, 0.25) is 17.7 Å². The first-order chi connectivity index (χ1) is 11.6. The molecule has 5 nitrogen and oxygen atoms in total. The van der Waals surface area contributed by atoms with Crippen LogP contribution in [0.15, 0.2) is 24.3 Å². The fourth-order valence-corrected chi connectivity index (χ4v) is 3.77. The zero-order valence-electron chi connectivity index (χ0n) is 14.1. The van der Waals surface area contributed by atoms with Crippen molar-refractivity contribution in [2.24, 2.45) is 11.8 Å². The van der Waals surface area contributed by atoms with Crippen molar-refractivity contribution >= 4 is 23.4 Å². The molecule has 1 heterocycles. The topological polar surface area (TPSA) is 66.5 Å². The molecule has 3 amide bonds. The second kappa shape index (κ2) is 7.16. The molecule has 0 aromatic heterocycles. The molecule has 1 aromatic rings. The number of amides is 3. The molecule has 0 spiro atoms. The number of benzene rings is 1. The Kier molecular flexibility index (Phi) is 4.97. The minimum Gasteiger partial charge on any atom is -0.325 e. The van der Waals surface area contributed by atoms with Gasteiger partial charge in [0.25, 0.3) is 0 Å². The molecule has 1 N–H and O–H groups in total. The Morgan fingerprint density at radius 2 is 1.67 bits per heavy atom. The van der Waals surface area contributed by atoms with E-state index in [9.17, 15) is 14.4 Å². The number of hydrogen-bond acceptors (Lipinski definition) is 3. The van der Waals surface area contributed by atoms with Crippen molar-refractivity contribution in [1.82, 2.24) is 4.90 Å². The third-order valence-corrected chi connectivity index (χ3v) is 5.01. The third kappa shape index (κ3) is 3.35. The number of aryl methyl sites for hydroxylation is 1. The first kappa shape index (κ1) is 16.7. The van der Waals surface area contributed by atoms with E-state index >= 15 is 0 Å². The van der Waals surface area contributed by atoms with E-state index in [0.29, 0.717) is 5.69 Å². The van der Waals surface area contributed by atoms with Crippen molar-refractivity contribution in [3.8, 4) is 0 Å². The smallest absolute Gasteiger partial charge is 0.244 e. The second-order valence-corrected chi connectivity index (χ2v) is 6.76. The molecule has 2 aliphatic rings. The Labute approximate surface area is 142 Å². The van der Waals surface area contributed by atoms with E-state index in [1.165, 1.54) is 5.56 Å². The number of carbonyl (C=O) groups excluding carboxylic acids is 3. The monoisotopic (exact) mass is 328 g/mol. The molecule has 1 aliphatic carbocycles. The van der Waals surface area contributed by atoms with Gasteiger partial charge in [-0.3, -0.25) is 19.3 Å². The SMILES string of the molecule is CCCc1ccc(NC(=O)CN2C(=O)[C@@H]3CCCC[C@H]3C2=O)cc1. The average Bonchev–Trinajstić information content (AvgIpc) is 2.82. The predicted octanol–water partition coefficient (Wildman–Crippen LogP) is 2.75. The highest BCUT2D eigenvalue weighted by atomic mass is 16.2. The Balaban J connectivity index is 1.60. The van der Waals surface area contributed by atoms with Crippen LogP contribution in [0.4, 0.5) is 5.69 Å². The summed E-state index contributed by atoms with van der Waals surface area (Å²) in [5.74, 6) is -1.06. The van der Waals surface area contributed by atoms with Gasteiger partial charge in [0.15, 0.2) is 0 Å². The number of nitrogens with zero attached hydrogens (tertiary/aromatic N) is 1. The summed E-state index contributed by atoms with van der Waals surface area (Å²) in [6.07, 6.45) is 5.61. The highest BCUT2D eigenvalue weighted by molar-refractivity contribution is 6.08. The van der Waals surface area contributed by atoms with Gasteiger partial charge in [-0.05, 0) is 37.0 Å². The highest BCUT2D eigenvalue weighted by Gasteiger charge is 2.48. The number of hydrogen-bond donors (Lipinski definition) is 1. The van der Waals surface area contributed by atoms with Gasteiger partial charge < -0.3 is 5.32 Å². The van der Waals surface area contributed by atoms with Gasteiger partial charge in [0.05, 0.1) is 11.8 Å². The van der Waals surface area contributed by atoms with Gasteiger partial charge in [0, 0.05) is 5.69 Å². The number of imide groups is 1. The molecular formula is C19H24N2O3. The van der Waals surface area contributed by atoms with Gasteiger partial charge in [0.1, 0.15) is 6.54 Å². The van der Waals surface area contributed by atoms with Crippen LogP contribution < -0.4 is 5.32 Å². The lowest BCUT2D eigenvalue weighted by Gasteiger charge is -2.19. The van der Waals surface area contributed by atoms with Crippen molar-refractivity contribution in [2.45, 2.75) is 45.4 Å². The molecule has 24 heavy (non-hydrogen) atoms. The summed E-state index contributed by atoms with van der Waals surface area (Å²) in [5, 5.41) is 2.78. The number of likely N-dealkylation sites (tertiary alicyclic amines) is 1. The van der Waals surface area contributed by atoms with Gasteiger partial charge >= 0.3 is 0 Å². The number of rotatable bonds is 5. The number of nitrogens with one attached hydrogen (secondary N) is 1. The quantitative estimate of drug-likeness (QED) is 0.845. The van der Waals surface area contributed by atoms with Gasteiger partial charge in [-0.15, -0.1) is 0 Å². The number of anilines is 1. The number of fused-ring (bicyclic) bond motifs is 1. The van der Waals surface area contributed by atoms with Crippen molar-refractivity contribution in [3.05, 3.63) is 29.8 Å². The summed E-state index contributed by atoms with van der Waals surface area (Å²) in [5.41, 5.74) is 1.92. The van der Waals surface area contributed by atoms with E-state index in [2.05, 4.69) is 12.2 Å². The summed E-state index contributed by atoms with van der Waals surface area (Å²) >= 11 is 0. The van der Waals surface area contributed by atoms with Gasteiger partial charge in [-0.25, -0.2) is 0 Å². The van der Waals surface area contributed by atoms with Gasteiger partial charge in [-0.2, -0.15) is 0 Å². The molecule has 0 bridgehead atoms. The van der Waals surface area contributed by atoms with Crippen LogP contribution in [0.5, 0.6) is 0 Å². The van der Waals surface area contributed by atoms with Crippen LogP contribution in [0, 0.1) is 11.8 Å². The second-order valence-electron chi connectivity index (χ2n) is 6.76. The molecule has 2 fully saturated rings. The van der Waals surface area contributed by atoms with Crippen molar-refractivity contribution in [1.29, 1.82) is 0 Å².